The Bertz CT molecular complexity index is 504. The van der Waals surface area contributed by atoms with E-state index in [-0.39, 0.29) is 12.5 Å². The predicted octanol–water partition coefficient (Wildman–Crippen LogP) is 2.34. The Morgan fingerprint density at radius 2 is 1.85 bits per heavy atom. The van der Waals surface area contributed by atoms with Crippen LogP contribution in [0, 0.1) is 5.41 Å². The first-order valence-electron chi connectivity index (χ1n) is 6.96. The number of benzene rings is 1. The number of hydrogen-bond acceptors (Lipinski definition) is 2. The van der Waals surface area contributed by atoms with E-state index in [1.807, 2.05) is 30.3 Å². The van der Waals surface area contributed by atoms with Crippen LogP contribution in [0.15, 0.2) is 30.3 Å². The molecule has 0 aliphatic heterocycles. The van der Waals surface area contributed by atoms with E-state index in [1.165, 1.54) is 0 Å². The lowest BCUT2D eigenvalue weighted by Gasteiger charge is -2.41. The third-order valence-electron chi connectivity index (χ3n) is 4.24. The van der Waals surface area contributed by atoms with E-state index in [0.717, 1.165) is 24.8 Å². The lowest BCUT2D eigenvalue weighted by Crippen LogP contribution is -2.51. The summed E-state index contributed by atoms with van der Waals surface area (Å²) in [5.74, 6) is -0.954. The Hall–Kier alpha value is -1.84. The quantitative estimate of drug-likeness (QED) is 0.866. The van der Waals surface area contributed by atoms with Gasteiger partial charge in [0.2, 0.25) is 5.91 Å². The highest BCUT2D eigenvalue weighted by Crippen LogP contribution is 2.43. The van der Waals surface area contributed by atoms with Crippen LogP contribution in [0.3, 0.4) is 0 Å². The molecule has 108 valence electrons. The van der Waals surface area contributed by atoms with Crippen molar-refractivity contribution in [1.82, 2.24) is 5.32 Å². The second-order valence-electron chi connectivity index (χ2n) is 6.17. The molecule has 0 aromatic heterocycles. The van der Waals surface area contributed by atoms with Crippen LogP contribution in [-0.2, 0) is 15.0 Å². The molecule has 4 nitrogen and oxygen atoms in total. The third kappa shape index (κ3) is 2.55. The summed E-state index contributed by atoms with van der Waals surface area (Å²) in [6.07, 6.45) is 2.69. The van der Waals surface area contributed by atoms with Crippen LogP contribution in [0.25, 0.3) is 0 Å². The number of carbonyl (C=O) groups excluding carboxylic acids is 1. The van der Waals surface area contributed by atoms with Gasteiger partial charge in [-0.25, -0.2) is 0 Å². The minimum Gasteiger partial charge on any atom is -0.481 e. The smallest absolute Gasteiger partial charge is 0.310 e. The van der Waals surface area contributed by atoms with Crippen molar-refractivity contribution in [2.75, 3.05) is 6.54 Å². The van der Waals surface area contributed by atoms with Crippen molar-refractivity contribution in [3.05, 3.63) is 35.9 Å². The minimum atomic E-state index is -0.947. The van der Waals surface area contributed by atoms with Crippen LogP contribution in [0.1, 0.15) is 38.7 Å². The molecule has 1 fully saturated rings. The Morgan fingerprint density at radius 3 is 2.30 bits per heavy atom. The molecular formula is C16H21NO3. The molecule has 1 aliphatic rings. The van der Waals surface area contributed by atoms with Crippen molar-refractivity contribution in [2.24, 2.45) is 5.41 Å². The summed E-state index contributed by atoms with van der Waals surface area (Å²) < 4.78 is 0. The highest BCUT2D eigenvalue weighted by Gasteiger charge is 2.45. The molecule has 4 heteroatoms. The Morgan fingerprint density at radius 1 is 1.25 bits per heavy atom. The Balaban J connectivity index is 2.10. The summed E-state index contributed by atoms with van der Waals surface area (Å²) in [6.45, 7) is 3.38. The number of aliphatic carboxylic acids is 1. The lowest BCUT2D eigenvalue weighted by molar-refractivity contribution is -0.147. The van der Waals surface area contributed by atoms with Crippen molar-refractivity contribution >= 4 is 11.9 Å². The van der Waals surface area contributed by atoms with Crippen LogP contribution >= 0.6 is 0 Å². The first-order chi connectivity index (χ1) is 9.38. The van der Waals surface area contributed by atoms with E-state index in [1.54, 1.807) is 13.8 Å². The number of carboxylic acids is 1. The molecule has 1 aliphatic carbocycles. The SMILES string of the molecule is CC(C)(CNC(=O)C1(c2ccccc2)CCC1)C(=O)O. The molecule has 1 amide bonds. The van der Waals surface area contributed by atoms with Gasteiger partial charge in [-0.15, -0.1) is 0 Å². The van der Waals surface area contributed by atoms with Gasteiger partial charge in [-0.1, -0.05) is 36.8 Å². The molecule has 1 aromatic rings. The molecule has 0 saturated heterocycles. The monoisotopic (exact) mass is 275 g/mol. The van der Waals surface area contributed by atoms with Crippen molar-refractivity contribution in [3.63, 3.8) is 0 Å². The van der Waals surface area contributed by atoms with E-state index in [0.29, 0.717) is 0 Å². The van der Waals surface area contributed by atoms with E-state index in [9.17, 15) is 9.59 Å². The second kappa shape index (κ2) is 5.27. The highest BCUT2D eigenvalue weighted by atomic mass is 16.4. The van der Waals surface area contributed by atoms with Gasteiger partial charge < -0.3 is 10.4 Å². The van der Waals surface area contributed by atoms with Crippen molar-refractivity contribution in [1.29, 1.82) is 0 Å². The summed E-state index contributed by atoms with van der Waals surface area (Å²) in [6, 6.07) is 9.75. The molecular weight excluding hydrogens is 254 g/mol. The summed E-state index contributed by atoms with van der Waals surface area (Å²) >= 11 is 0. The van der Waals surface area contributed by atoms with Gasteiger partial charge in [0, 0.05) is 6.54 Å². The third-order valence-corrected chi connectivity index (χ3v) is 4.24. The van der Waals surface area contributed by atoms with Gasteiger partial charge in [-0.2, -0.15) is 0 Å². The van der Waals surface area contributed by atoms with Gasteiger partial charge in [0.25, 0.3) is 0 Å². The Kier molecular flexibility index (Phi) is 3.84. The molecule has 1 aromatic carbocycles. The standard InChI is InChI=1S/C16H21NO3/c1-15(2,14(19)20)11-17-13(18)16(9-6-10-16)12-7-4-3-5-8-12/h3-5,7-8H,6,9-11H2,1-2H3,(H,17,18)(H,19,20). The zero-order valence-electron chi connectivity index (χ0n) is 12.0. The average Bonchev–Trinajstić information content (AvgIpc) is 2.36. The van der Waals surface area contributed by atoms with Crippen LogP contribution < -0.4 is 5.32 Å². The normalized spacial score (nSPS) is 17.1. The minimum absolute atomic E-state index is 0.0516. The number of carbonyl (C=O) groups is 2. The maximum Gasteiger partial charge on any atom is 0.310 e. The molecule has 0 heterocycles. The number of carboxylic acid groups (broad SMARTS) is 1. The van der Waals surface area contributed by atoms with E-state index in [2.05, 4.69) is 5.32 Å². The molecule has 0 spiro atoms. The summed E-state index contributed by atoms with van der Waals surface area (Å²) in [7, 11) is 0. The van der Waals surface area contributed by atoms with Gasteiger partial charge >= 0.3 is 5.97 Å². The zero-order chi connectivity index (χ0) is 14.8. The number of hydrogen-bond donors (Lipinski definition) is 2. The first-order valence-corrected chi connectivity index (χ1v) is 6.96. The van der Waals surface area contributed by atoms with E-state index >= 15 is 0 Å². The lowest BCUT2D eigenvalue weighted by atomic mass is 9.63. The van der Waals surface area contributed by atoms with Crippen LogP contribution in [-0.4, -0.2) is 23.5 Å². The molecule has 1 saturated carbocycles. The topological polar surface area (TPSA) is 66.4 Å². The number of rotatable bonds is 5. The van der Waals surface area contributed by atoms with Gasteiger partial charge in [-0.3, -0.25) is 9.59 Å². The zero-order valence-corrected chi connectivity index (χ0v) is 12.0. The summed E-state index contributed by atoms with van der Waals surface area (Å²) in [4.78, 5) is 23.6. The molecule has 2 rings (SSSR count). The van der Waals surface area contributed by atoms with Crippen LogP contribution in [0.4, 0.5) is 0 Å². The summed E-state index contributed by atoms with van der Waals surface area (Å²) in [5, 5.41) is 11.9. The maximum absolute atomic E-state index is 12.5. The van der Waals surface area contributed by atoms with Crippen LogP contribution in [0.5, 0.6) is 0 Å². The van der Waals surface area contributed by atoms with Gasteiger partial charge in [0.1, 0.15) is 0 Å². The van der Waals surface area contributed by atoms with Gasteiger partial charge in [-0.05, 0) is 32.3 Å². The average molecular weight is 275 g/mol. The second-order valence-corrected chi connectivity index (χ2v) is 6.17. The van der Waals surface area contributed by atoms with Gasteiger partial charge in [0.15, 0.2) is 0 Å². The number of nitrogens with one attached hydrogen (secondary N) is 1. The molecule has 0 unspecified atom stereocenters. The first kappa shape index (κ1) is 14.6. The molecule has 2 N–H and O–H groups in total. The molecule has 0 bridgehead atoms. The van der Waals surface area contributed by atoms with Crippen molar-refractivity contribution in [2.45, 2.75) is 38.5 Å². The van der Waals surface area contributed by atoms with Crippen molar-refractivity contribution in [3.8, 4) is 0 Å². The molecule has 0 radical (unpaired) electrons. The molecule has 20 heavy (non-hydrogen) atoms. The predicted molar refractivity (Wildman–Crippen MR) is 76.4 cm³/mol. The fourth-order valence-electron chi connectivity index (χ4n) is 2.48. The van der Waals surface area contributed by atoms with Crippen LogP contribution in [0.2, 0.25) is 0 Å². The van der Waals surface area contributed by atoms with Gasteiger partial charge in [0.05, 0.1) is 10.8 Å². The Labute approximate surface area is 119 Å². The maximum atomic E-state index is 12.5. The summed E-state index contributed by atoms with van der Waals surface area (Å²) in [5.41, 5.74) is -0.385. The fraction of sp³-hybridized carbons (Fsp3) is 0.500. The van der Waals surface area contributed by atoms with E-state index in [4.69, 9.17) is 5.11 Å². The number of amides is 1. The van der Waals surface area contributed by atoms with E-state index < -0.39 is 16.8 Å². The molecule has 0 atom stereocenters. The highest BCUT2D eigenvalue weighted by molar-refractivity contribution is 5.89. The fourth-order valence-corrected chi connectivity index (χ4v) is 2.48. The van der Waals surface area contributed by atoms with Crippen molar-refractivity contribution < 1.29 is 14.7 Å². The largest absolute Gasteiger partial charge is 0.481 e.